The largest absolute Gasteiger partial charge is 0.342 e. The second-order valence-electron chi connectivity index (χ2n) is 5.55. The maximum Gasteiger partial charge on any atom is 0.246 e. The molecule has 0 saturated carbocycles. The van der Waals surface area contributed by atoms with Gasteiger partial charge in [-0.3, -0.25) is 9.59 Å². The third-order valence-corrected chi connectivity index (χ3v) is 4.23. The summed E-state index contributed by atoms with van der Waals surface area (Å²) in [5.74, 6) is -0.115. The number of carbonyl (C=O) groups excluding carboxylic acids is 2. The van der Waals surface area contributed by atoms with Gasteiger partial charge in [-0.05, 0) is 38.0 Å². The van der Waals surface area contributed by atoms with E-state index in [4.69, 9.17) is 0 Å². The normalized spacial score (nSPS) is 21.8. The van der Waals surface area contributed by atoms with E-state index in [9.17, 15) is 9.59 Å². The number of carbonyl (C=O) groups is 2. The first-order valence-electron chi connectivity index (χ1n) is 6.73. The number of hydrogen-bond acceptors (Lipinski definition) is 2. The van der Waals surface area contributed by atoms with Crippen molar-refractivity contribution in [3.63, 3.8) is 0 Å². The fourth-order valence-corrected chi connectivity index (χ4v) is 2.80. The van der Waals surface area contributed by atoms with Crippen molar-refractivity contribution in [1.82, 2.24) is 10.2 Å². The average Bonchev–Trinajstić information content (AvgIpc) is 2.39. The number of nitrogens with one attached hydrogen (secondary N) is 1. The lowest BCUT2D eigenvalue weighted by Gasteiger charge is -2.44. The highest BCUT2D eigenvalue weighted by molar-refractivity contribution is 9.10. The Morgan fingerprint density at radius 2 is 2.05 bits per heavy atom. The molecule has 1 atom stereocenters. The number of benzene rings is 1. The summed E-state index contributed by atoms with van der Waals surface area (Å²) in [6.45, 7) is 5.90. The molecule has 1 saturated heterocycles. The molecule has 0 bridgehead atoms. The van der Waals surface area contributed by atoms with Crippen LogP contribution >= 0.6 is 15.9 Å². The molecule has 1 unspecified atom stereocenters. The van der Waals surface area contributed by atoms with Crippen LogP contribution in [0, 0.1) is 0 Å². The van der Waals surface area contributed by atoms with Gasteiger partial charge in [-0.1, -0.05) is 35.0 Å². The summed E-state index contributed by atoms with van der Waals surface area (Å²) in [6.07, 6.45) is 0.607. The quantitative estimate of drug-likeness (QED) is 0.920. The van der Waals surface area contributed by atoms with E-state index in [1.165, 1.54) is 0 Å². The van der Waals surface area contributed by atoms with Crippen molar-refractivity contribution in [2.24, 2.45) is 0 Å². The van der Waals surface area contributed by atoms with Crippen molar-refractivity contribution >= 4 is 27.7 Å². The minimum atomic E-state index is -0.828. The summed E-state index contributed by atoms with van der Waals surface area (Å²) in [5.41, 5.74) is 0.177. The molecule has 1 aromatic carbocycles. The lowest BCUT2D eigenvalue weighted by molar-refractivity contribution is -0.156. The first-order chi connectivity index (χ1) is 9.36. The second kappa shape index (κ2) is 5.56. The highest BCUT2D eigenvalue weighted by Crippen LogP contribution is 2.25. The van der Waals surface area contributed by atoms with Gasteiger partial charge in [0.05, 0.1) is 0 Å². The molecule has 1 heterocycles. The third kappa shape index (κ3) is 2.73. The van der Waals surface area contributed by atoms with Crippen LogP contribution in [0.15, 0.2) is 28.7 Å². The van der Waals surface area contributed by atoms with Crippen LogP contribution in [0.5, 0.6) is 0 Å². The van der Waals surface area contributed by atoms with Gasteiger partial charge in [-0.25, -0.2) is 0 Å². The van der Waals surface area contributed by atoms with E-state index in [2.05, 4.69) is 21.2 Å². The topological polar surface area (TPSA) is 49.4 Å². The van der Waals surface area contributed by atoms with E-state index in [0.29, 0.717) is 13.0 Å². The minimum absolute atomic E-state index is 0.0166. The molecule has 1 aliphatic rings. The molecule has 0 aromatic heterocycles. The number of piperazine rings is 1. The van der Waals surface area contributed by atoms with Gasteiger partial charge < -0.3 is 10.2 Å². The fraction of sp³-hybridized carbons (Fsp3) is 0.467. The standard InChI is InChI=1S/C15H19BrN2O2/c1-4-12-13(19)18(15(2,3)14(20)17-12)9-10-6-5-7-11(16)8-10/h5-8,12H,4,9H2,1-3H3,(H,17,20). The number of rotatable bonds is 3. The Bertz CT molecular complexity index is 542. The van der Waals surface area contributed by atoms with Crippen LogP contribution in [0.2, 0.25) is 0 Å². The van der Waals surface area contributed by atoms with Crippen molar-refractivity contribution in [2.45, 2.75) is 45.3 Å². The molecule has 0 aliphatic carbocycles. The Labute approximate surface area is 127 Å². The molecule has 0 radical (unpaired) electrons. The first kappa shape index (κ1) is 15.0. The number of halogens is 1. The summed E-state index contributed by atoms with van der Waals surface area (Å²) in [6, 6.07) is 7.38. The maximum atomic E-state index is 12.5. The Morgan fingerprint density at radius 3 is 2.65 bits per heavy atom. The fourth-order valence-electron chi connectivity index (χ4n) is 2.35. The summed E-state index contributed by atoms with van der Waals surface area (Å²) < 4.78 is 0.966. The Morgan fingerprint density at radius 1 is 1.35 bits per heavy atom. The zero-order chi connectivity index (χ0) is 14.9. The number of nitrogens with zero attached hydrogens (tertiary/aromatic N) is 1. The summed E-state index contributed by atoms with van der Waals surface area (Å²) in [7, 11) is 0. The predicted molar refractivity (Wildman–Crippen MR) is 81.0 cm³/mol. The molecular weight excluding hydrogens is 320 g/mol. The lowest BCUT2D eigenvalue weighted by Crippen LogP contribution is -2.67. The molecule has 5 heteroatoms. The highest BCUT2D eigenvalue weighted by atomic mass is 79.9. The van der Waals surface area contributed by atoms with Gasteiger partial charge in [-0.15, -0.1) is 0 Å². The van der Waals surface area contributed by atoms with Crippen LogP contribution in [0.25, 0.3) is 0 Å². The molecule has 1 aliphatic heterocycles. The molecule has 2 amide bonds. The molecule has 1 N–H and O–H groups in total. The van der Waals surface area contributed by atoms with Crippen molar-refractivity contribution in [2.75, 3.05) is 0 Å². The molecule has 108 valence electrons. The lowest BCUT2D eigenvalue weighted by atomic mass is 9.94. The van der Waals surface area contributed by atoms with Crippen LogP contribution in [0.3, 0.4) is 0 Å². The molecule has 4 nitrogen and oxygen atoms in total. The van der Waals surface area contributed by atoms with E-state index in [1.54, 1.807) is 18.7 Å². The zero-order valence-corrected chi connectivity index (χ0v) is 13.5. The van der Waals surface area contributed by atoms with Crippen LogP contribution in [-0.4, -0.2) is 28.3 Å². The third-order valence-electron chi connectivity index (χ3n) is 3.74. The molecule has 1 fully saturated rings. The molecular formula is C15H19BrN2O2. The Balaban J connectivity index is 2.30. The number of hydrogen-bond donors (Lipinski definition) is 1. The van der Waals surface area contributed by atoms with Crippen molar-refractivity contribution < 1.29 is 9.59 Å². The first-order valence-corrected chi connectivity index (χ1v) is 7.52. The van der Waals surface area contributed by atoms with Gasteiger partial charge >= 0.3 is 0 Å². The van der Waals surface area contributed by atoms with Gasteiger partial charge in [0, 0.05) is 11.0 Å². The molecule has 0 spiro atoms. The molecule has 1 aromatic rings. The maximum absolute atomic E-state index is 12.5. The summed E-state index contributed by atoms with van der Waals surface area (Å²) >= 11 is 3.43. The van der Waals surface area contributed by atoms with Crippen molar-refractivity contribution in [3.05, 3.63) is 34.3 Å². The number of amides is 2. The minimum Gasteiger partial charge on any atom is -0.342 e. The van der Waals surface area contributed by atoms with Gasteiger partial charge in [0.15, 0.2) is 0 Å². The van der Waals surface area contributed by atoms with Crippen LogP contribution in [0.1, 0.15) is 32.8 Å². The second-order valence-corrected chi connectivity index (χ2v) is 6.46. The molecule has 20 heavy (non-hydrogen) atoms. The van der Waals surface area contributed by atoms with Crippen LogP contribution in [0.4, 0.5) is 0 Å². The van der Waals surface area contributed by atoms with Gasteiger partial charge in [0.25, 0.3) is 0 Å². The summed E-state index contributed by atoms with van der Waals surface area (Å²) in [5, 5.41) is 2.79. The van der Waals surface area contributed by atoms with Crippen molar-refractivity contribution in [3.8, 4) is 0 Å². The van der Waals surface area contributed by atoms with Crippen LogP contribution in [-0.2, 0) is 16.1 Å². The van der Waals surface area contributed by atoms with Gasteiger partial charge in [0.1, 0.15) is 11.6 Å². The van der Waals surface area contributed by atoms with Crippen molar-refractivity contribution in [1.29, 1.82) is 0 Å². The van der Waals surface area contributed by atoms with E-state index in [1.807, 2.05) is 31.2 Å². The smallest absolute Gasteiger partial charge is 0.246 e. The monoisotopic (exact) mass is 338 g/mol. The van der Waals surface area contributed by atoms with Crippen LogP contribution < -0.4 is 5.32 Å². The highest BCUT2D eigenvalue weighted by Gasteiger charge is 2.45. The van der Waals surface area contributed by atoms with E-state index in [0.717, 1.165) is 10.0 Å². The Hall–Kier alpha value is -1.36. The zero-order valence-electron chi connectivity index (χ0n) is 11.9. The predicted octanol–water partition coefficient (Wildman–Crippen LogP) is 2.46. The SMILES string of the molecule is CCC1NC(=O)C(C)(C)N(Cc2cccc(Br)c2)C1=O. The van der Waals surface area contributed by atoms with Gasteiger partial charge in [0.2, 0.25) is 11.8 Å². The average molecular weight is 339 g/mol. The molecule has 2 rings (SSSR count). The Kier molecular flexibility index (Phi) is 4.18. The van der Waals surface area contributed by atoms with E-state index in [-0.39, 0.29) is 11.8 Å². The van der Waals surface area contributed by atoms with E-state index >= 15 is 0 Å². The van der Waals surface area contributed by atoms with Gasteiger partial charge in [-0.2, -0.15) is 0 Å². The summed E-state index contributed by atoms with van der Waals surface area (Å²) in [4.78, 5) is 26.4. The van der Waals surface area contributed by atoms with E-state index < -0.39 is 11.6 Å².